The number of amides is 1. The van der Waals surface area contributed by atoms with Crippen LogP contribution in [-0.4, -0.2) is 74.7 Å². The van der Waals surface area contributed by atoms with Crippen molar-refractivity contribution in [2.75, 3.05) is 19.4 Å². The lowest BCUT2D eigenvalue weighted by molar-refractivity contribution is 0.0548. The van der Waals surface area contributed by atoms with Crippen LogP contribution in [0.3, 0.4) is 0 Å². The van der Waals surface area contributed by atoms with Crippen molar-refractivity contribution in [1.82, 2.24) is 29.2 Å². The number of carboxylic acids is 1. The third kappa shape index (κ3) is 8.48. The van der Waals surface area contributed by atoms with E-state index in [1.165, 1.54) is 39.1 Å². The van der Waals surface area contributed by atoms with Crippen molar-refractivity contribution in [2.24, 2.45) is 5.73 Å². The minimum absolute atomic E-state index is 0. The van der Waals surface area contributed by atoms with Crippen LogP contribution in [0, 0.1) is 6.92 Å². The van der Waals surface area contributed by atoms with E-state index in [2.05, 4.69) is 33.0 Å². The van der Waals surface area contributed by atoms with E-state index in [0.717, 1.165) is 34.2 Å². The molecule has 0 bridgehead atoms. The lowest BCUT2D eigenvalue weighted by Gasteiger charge is -2.27. The maximum absolute atomic E-state index is 13.0. The molecule has 16 heteroatoms. The number of carbonyl (C=O) groups excluding carboxylic acids is 2. The number of sulfonamides is 1. The number of hydrogen-bond acceptors (Lipinski definition) is 10. The Bertz CT molecular complexity index is 2000. The van der Waals surface area contributed by atoms with Crippen LogP contribution in [0.1, 0.15) is 84.6 Å². The third-order valence-electron chi connectivity index (χ3n) is 8.21. The normalized spacial score (nSPS) is 15.0. The van der Waals surface area contributed by atoms with Gasteiger partial charge in [0.05, 0.1) is 17.9 Å². The van der Waals surface area contributed by atoms with Gasteiger partial charge < -0.3 is 20.9 Å². The summed E-state index contributed by atoms with van der Waals surface area (Å²) in [5.41, 5.74) is 11.9. The molecule has 1 amide bonds. The Labute approximate surface area is 290 Å². The second-order valence-corrected chi connectivity index (χ2v) is 13.2. The van der Waals surface area contributed by atoms with Gasteiger partial charge in [-0.15, -0.1) is 12.4 Å². The molecule has 6 rings (SSSR count). The number of ether oxygens (including phenoxy) is 1. The molecule has 1 aliphatic carbocycles. The quantitative estimate of drug-likeness (QED) is 0.179. The van der Waals surface area contributed by atoms with Crippen molar-refractivity contribution in [3.8, 4) is 0 Å². The summed E-state index contributed by atoms with van der Waals surface area (Å²) >= 11 is 0. The monoisotopic (exact) mass is 713 g/mol. The minimum atomic E-state index is -3.09. The lowest BCUT2D eigenvalue weighted by Crippen LogP contribution is -2.35. The Hall–Kier alpha value is -4.70. The molecule has 1 aliphatic heterocycles. The molecule has 0 spiro atoms. The SMILES string of the molecule is C.C=CCOC(=O)c1ccc2c(c1C)CC[C@@H]2NC(=O)c1cc(C(=O)O)nc2ncnn12.CS(=O)(=O)N1CCc2ccc(CN)cc2C1.Cl. The van der Waals surface area contributed by atoms with Gasteiger partial charge in [-0.05, 0) is 65.6 Å². The van der Waals surface area contributed by atoms with E-state index in [1.54, 1.807) is 6.07 Å². The molecule has 0 saturated heterocycles. The summed E-state index contributed by atoms with van der Waals surface area (Å²) in [5, 5.41) is 16.2. The van der Waals surface area contributed by atoms with Crippen LogP contribution < -0.4 is 11.1 Å². The molecule has 2 aromatic heterocycles. The second-order valence-electron chi connectivity index (χ2n) is 11.2. The zero-order chi connectivity index (χ0) is 33.9. The van der Waals surface area contributed by atoms with Gasteiger partial charge >= 0.3 is 11.9 Å². The summed E-state index contributed by atoms with van der Waals surface area (Å²) in [6, 6.07) is 10.4. The topological polar surface area (TPSA) is 199 Å². The molecule has 2 aliphatic rings. The van der Waals surface area contributed by atoms with E-state index >= 15 is 0 Å². The zero-order valence-corrected chi connectivity index (χ0v) is 28.0. The summed E-state index contributed by atoms with van der Waals surface area (Å²) < 4.78 is 30.7. The highest BCUT2D eigenvalue weighted by molar-refractivity contribution is 7.88. The first kappa shape index (κ1) is 38.7. The Morgan fingerprint density at radius 2 is 1.92 bits per heavy atom. The number of benzene rings is 2. The molecule has 1 atom stereocenters. The Kier molecular flexibility index (Phi) is 12.8. The van der Waals surface area contributed by atoms with Gasteiger partial charge in [-0.2, -0.15) is 18.9 Å². The third-order valence-corrected chi connectivity index (χ3v) is 9.46. The number of aromatic nitrogens is 4. The van der Waals surface area contributed by atoms with Gasteiger partial charge in [0.15, 0.2) is 5.69 Å². The largest absolute Gasteiger partial charge is 0.477 e. The average molecular weight is 714 g/mol. The number of halogens is 1. The van der Waals surface area contributed by atoms with E-state index in [9.17, 15) is 27.9 Å². The van der Waals surface area contributed by atoms with E-state index in [1.807, 2.05) is 25.1 Å². The van der Waals surface area contributed by atoms with Crippen LogP contribution in [0.25, 0.3) is 5.78 Å². The van der Waals surface area contributed by atoms with Gasteiger partial charge in [-0.1, -0.05) is 44.3 Å². The zero-order valence-electron chi connectivity index (χ0n) is 26.4. The van der Waals surface area contributed by atoms with Gasteiger partial charge in [0.1, 0.15) is 18.6 Å². The van der Waals surface area contributed by atoms with Gasteiger partial charge in [-0.25, -0.2) is 23.0 Å². The first-order chi connectivity index (χ1) is 22.4. The highest BCUT2D eigenvalue weighted by Gasteiger charge is 2.29. The number of nitrogens with one attached hydrogen (secondary N) is 1. The Morgan fingerprint density at radius 3 is 2.59 bits per heavy atom. The molecule has 3 heterocycles. The molecule has 49 heavy (non-hydrogen) atoms. The van der Waals surface area contributed by atoms with Crippen LogP contribution in [-0.2, 0) is 40.7 Å². The highest BCUT2D eigenvalue weighted by Crippen LogP contribution is 2.35. The smallest absolute Gasteiger partial charge is 0.354 e. The number of carboxylic acid groups (broad SMARTS) is 1. The number of fused-ring (bicyclic) bond motifs is 3. The number of hydrogen-bond donors (Lipinski definition) is 3. The number of aromatic carboxylic acids is 1. The molecule has 0 saturated carbocycles. The molecule has 0 fully saturated rings. The number of esters is 1. The van der Waals surface area contributed by atoms with Gasteiger partial charge in [0.2, 0.25) is 10.0 Å². The minimum Gasteiger partial charge on any atom is -0.477 e. The predicted molar refractivity (Wildman–Crippen MR) is 185 cm³/mol. The van der Waals surface area contributed by atoms with E-state index in [-0.39, 0.29) is 49.6 Å². The fraction of sp³-hybridized carbons (Fsp3) is 0.333. The van der Waals surface area contributed by atoms with Crippen molar-refractivity contribution in [1.29, 1.82) is 0 Å². The van der Waals surface area contributed by atoms with E-state index < -0.39 is 27.9 Å². The Balaban J connectivity index is 0.000000307. The van der Waals surface area contributed by atoms with Crippen LogP contribution >= 0.6 is 12.4 Å². The summed E-state index contributed by atoms with van der Waals surface area (Å²) in [7, 11) is -3.09. The van der Waals surface area contributed by atoms with Crippen LogP contribution in [0.4, 0.5) is 0 Å². The standard InChI is InChI=1S/C21H19N5O5.C11H16N2O2S.CH4.ClH/c1-3-8-31-20(30)13-4-5-14-12(11(13)2)6-7-15(14)24-18(27)17-9-16(19(28)29)25-21-22-10-23-26(17)21;1-16(14,15)13-5-4-10-3-2-9(7-12)6-11(10)8-13;;/h3-5,9-10,15H,1,6-8H2,2H3,(H,24,27)(H,28,29);2-3,6H,4-5,7-8,12H2,1H3;1H4;1H/t15-;;;/m0.../s1. The molecule has 262 valence electrons. The molecule has 2 aromatic carbocycles. The first-order valence-electron chi connectivity index (χ1n) is 14.8. The summed E-state index contributed by atoms with van der Waals surface area (Å²) in [6.45, 7) is 7.07. The number of rotatable bonds is 8. The fourth-order valence-corrected chi connectivity index (χ4v) is 6.57. The van der Waals surface area contributed by atoms with Crippen molar-refractivity contribution in [2.45, 2.75) is 52.7 Å². The van der Waals surface area contributed by atoms with E-state index in [0.29, 0.717) is 38.0 Å². The van der Waals surface area contributed by atoms with Gasteiger partial charge in [0.25, 0.3) is 11.7 Å². The first-order valence-corrected chi connectivity index (χ1v) is 16.7. The molecular formula is C33H40ClN7O7S. The predicted octanol–water partition coefficient (Wildman–Crippen LogP) is 3.41. The molecule has 14 nitrogen and oxygen atoms in total. The lowest BCUT2D eigenvalue weighted by atomic mass is 9.98. The summed E-state index contributed by atoms with van der Waals surface area (Å²) in [5.74, 6) is -2.16. The molecular weight excluding hydrogens is 674 g/mol. The van der Waals surface area contributed by atoms with Crippen molar-refractivity contribution >= 4 is 46.1 Å². The van der Waals surface area contributed by atoms with Crippen molar-refractivity contribution in [3.63, 3.8) is 0 Å². The van der Waals surface area contributed by atoms with Crippen molar-refractivity contribution < 1.29 is 32.6 Å². The number of nitrogens with two attached hydrogens (primary N) is 1. The molecule has 0 unspecified atom stereocenters. The summed E-state index contributed by atoms with van der Waals surface area (Å²) in [6.07, 6.45) is 6.08. The number of nitrogens with zero attached hydrogens (tertiary/aromatic N) is 5. The fourth-order valence-electron chi connectivity index (χ4n) is 5.77. The van der Waals surface area contributed by atoms with Crippen LogP contribution in [0.2, 0.25) is 0 Å². The number of carbonyl (C=O) groups is 3. The van der Waals surface area contributed by atoms with E-state index in [4.69, 9.17) is 10.5 Å². The van der Waals surface area contributed by atoms with Gasteiger partial charge in [0, 0.05) is 25.7 Å². The van der Waals surface area contributed by atoms with Crippen LogP contribution in [0.5, 0.6) is 0 Å². The van der Waals surface area contributed by atoms with Gasteiger partial charge in [-0.3, -0.25) is 4.79 Å². The molecule has 4 aromatic rings. The average Bonchev–Trinajstić information content (AvgIpc) is 3.70. The Morgan fingerprint density at radius 1 is 1.16 bits per heavy atom. The molecule has 4 N–H and O–H groups in total. The van der Waals surface area contributed by atoms with Crippen LogP contribution in [0.15, 0.2) is 55.4 Å². The second kappa shape index (κ2) is 16.1. The summed E-state index contributed by atoms with van der Waals surface area (Å²) in [4.78, 5) is 44.3. The molecule has 0 radical (unpaired) electrons. The maximum atomic E-state index is 13.0. The van der Waals surface area contributed by atoms with Crippen molar-refractivity contribution in [3.05, 3.63) is 106 Å². The highest BCUT2D eigenvalue weighted by atomic mass is 35.5. The maximum Gasteiger partial charge on any atom is 0.354 e.